The van der Waals surface area contributed by atoms with E-state index in [4.69, 9.17) is 9.47 Å². The second-order valence-corrected chi connectivity index (χ2v) is 5.94. The third kappa shape index (κ3) is 3.57. The molecular weight excluding hydrogens is 304 g/mol. The van der Waals surface area contributed by atoms with Crippen molar-refractivity contribution in [2.45, 2.75) is 6.54 Å². The van der Waals surface area contributed by atoms with Crippen molar-refractivity contribution in [3.05, 3.63) is 48.0 Å². The summed E-state index contributed by atoms with van der Waals surface area (Å²) in [5.74, 6) is 1.64. The molecule has 3 rings (SSSR count). The van der Waals surface area contributed by atoms with Gasteiger partial charge in [-0.2, -0.15) is 0 Å². The lowest BCUT2D eigenvalue weighted by molar-refractivity contribution is 0.248. The average molecular weight is 328 g/mol. The van der Waals surface area contributed by atoms with Gasteiger partial charge < -0.3 is 19.5 Å². The molecule has 1 fully saturated rings. The number of rotatable bonds is 5. The maximum absolute atomic E-state index is 9.69. The van der Waals surface area contributed by atoms with Crippen molar-refractivity contribution >= 4 is 5.69 Å². The number of ether oxygens (including phenoxy) is 2. The number of methoxy groups -OCH3 is 2. The van der Waals surface area contributed by atoms with Gasteiger partial charge in [-0.15, -0.1) is 0 Å². The van der Waals surface area contributed by atoms with Crippen LogP contribution in [-0.2, 0) is 6.54 Å². The molecule has 1 N–H and O–H groups in total. The lowest BCUT2D eigenvalue weighted by Crippen LogP contribution is -2.46. The molecule has 0 atom stereocenters. The van der Waals surface area contributed by atoms with Crippen molar-refractivity contribution < 1.29 is 14.6 Å². The second-order valence-electron chi connectivity index (χ2n) is 5.94. The van der Waals surface area contributed by atoms with Crippen LogP contribution in [0.25, 0.3) is 0 Å². The molecule has 1 heterocycles. The zero-order chi connectivity index (χ0) is 16.9. The van der Waals surface area contributed by atoms with Gasteiger partial charge in [0.15, 0.2) is 11.5 Å². The van der Waals surface area contributed by atoms with Gasteiger partial charge in [-0.1, -0.05) is 18.2 Å². The first kappa shape index (κ1) is 16.5. The third-order valence-electron chi connectivity index (χ3n) is 4.45. The summed E-state index contributed by atoms with van der Waals surface area (Å²) < 4.78 is 10.6. The van der Waals surface area contributed by atoms with E-state index in [0.29, 0.717) is 5.75 Å². The average Bonchev–Trinajstić information content (AvgIpc) is 2.64. The Morgan fingerprint density at radius 1 is 0.917 bits per heavy atom. The minimum absolute atomic E-state index is 0.183. The molecule has 0 aromatic heterocycles. The highest BCUT2D eigenvalue weighted by molar-refractivity contribution is 5.58. The first-order valence-electron chi connectivity index (χ1n) is 8.17. The van der Waals surface area contributed by atoms with Gasteiger partial charge in [0.25, 0.3) is 0 Å². The summed E-state index contributed by atoms with van der Waals surface area (Å²) in [5, 5.41) is 9.69. The number of hydrogen-bond acceptors (Lipinski definition) is 5. The van der Waals surface area contributed by atoms with Crippen LogP contribution >= 0.6 is 0 Å². The molecule has 2 aromatic rings. The summed E-state index contributed by atoms with van der Waals surface area (Å²) in [6, 6.07) is 13.7. The van der Waals surface area contributed by atoms with E-state index in [0.717, 1.165) is 49.7 Å². The van der Waals surface area contributed by atoms with Crippen molar-refractivity contribution in [2.75, 3.05) is 45.3 Å². The van der Waals surface area contributed by atoms with E-state index < -0.39 is 0 Å². The summed E-state index contributed by atoms with van der Waals surface area (Å²) in [7, 11) is 3.29. The number of para-hydroxylation sites is 2. The molecule has 0 aliphatic carbocycles. The van der Waals surface area contributed by atoms with Crippen LogP contribution in [0.1, 0.15) is 5.56 Å². The van der Waals surface area contributed by atoms with Gasteiger partial charge in [-0.25, -0.2) is 0 Å². The lowest BCUT2D eigenvalue weighted by Gasteiger charge is -2.36. The fourth-order valence-electron chi connectivity index (χ4n) is 3.12. The number of phenols is 1. The Kier molecular flexibility index (Phi) is 5.11. The molecule has 0 radical (unpaired) electrons. The molecular formula is C19H24N2O3. The van der Waals surface area contributed by atoms with Gasteiger partial charge in [0, 0.05) is 32.7 Å². The van der Waals surface area contributed by atoms with E-state index in [1.165, 1.54) is 0 Å². The normalized spacial score (nSPS) is 15.3. The quantitative estimate of drug-likeness (QED) is 0.914. The predicted octanol–water partition coefficient (Wildman–Crippen LogP) is 2.73. The van der Waals surface area contributed by atoms with Crippen LogP contribution in [0.4, 0.5) is 5.69 Å². The molecule has 1 aliphatic rings. The fraction of sp³-hybridized carbons (Fsp3) is 0.368. The van der Waals surface area contributed by atoms with Gasteiger partial charge >= 0.3 is 0 Å². The maximum Gasteiger partial charge on any atom is 0.160 e. The largest absolute Gasteiger partial charge is 0.504 e. The van der Waals surface area contributed by atoms with Crippen molar-refractivity contribution in [3.8, 4) is 17.2 Å². The van der Waals surface area contributed by atoms with Gasteiger partial charge in [0.05, 0.1) is 19.9 Å². The van der Waals surface area contributed by atoms with Crippen molar-refractivity contribution in [2.24, 2.45) is 0 Å². The Labute approximate surface area is 143 Å². The Morgan fingerprint density at radius 3 is 2.33 bits per heavy atom. The Balaban J connectivity index is 1.61. The number of nitrogens with zero attached hydrogens (tertiary/aromatic N) is 2. The predicted molar refractivity (Wildman–Crippen MR) is 95.1 cm³/mol. The van der Waals surface area contributed by atoms with Gasteiger partial charge in [0.2, 0.25) is 0 Å². The summed E-state index contributed by atoms with van der Waals surface area (Å²) in [5.41, 5.74) is 2.31. The summed E-state index contributed by atoms with van der Waals surface area (Å²) in [6.07, 6.45) is 0. The van der Waals surface area contributed by atoms with Gasteiger partial charge in [-0.05, 0) is 29.8 Å². The van der Waals surface area contributed by atoms with Crippen LogP contribution in [0.5, 0.6) is 17.2 Å². The first-order chi connectivity index (χ1) is 11.7. The standard InChI is InChI=1S/C19H24N2O3/c1-23-18-6-4-3-5-16(18)21-11-9-20(10-12-21)14-15-7-8-17(22)19(13-15)24-2/h3-8,13,22H,9-12,14H2,1-2H3. The maximum atomic E-state index is 9.69. The van der Waals surface area contributed by atoms with Crippen LogP contribution in [-0.4, -0.2) is 50.4 Å². The number of aromatic hydroxyl groups is 1. The first-order valence-corrected chi connectivity index (χ1v) is 8.17. The van der Waals surface area contributed by atoms with Gasteiger partial charge in [0.1, 0.15) is 5.75 Å². The molecule has 1 saturated heterocycles. The minimum atomic E-state index is 0.183. The zero-order valence-electron chi connectivity index (χ0n) is 14.2. The molecule has 24 heavy (non-hydrogen) atoms. The number of anilines is 1. The molecule has 2 aromatic carbocycles. The number of phenolic OH excluding ortho intramolecular Hbond substituents is 1. The molecule has 0 amide bonds. The highest BCUT2D eigenvalue weighted by atomic mass is 16.5. The van der Waals surface area contributed by atoms with Crippen molar-refractivity contribution in [1.29, 1.82) is 0 Å². The van der Waals surface area contributed by atoms with Crippen molar-refractivity contribution in [1.82, 2.24) is 4.90 Å². The molecule has 5 nitrogen and oxygen atoms in total. The monoisotopic (exact) mass is 328 g/mol. The van der Waals surface area contributed by atoms with E-state index >= 15 is 0 Å². The van der Waals surface area contributed by atoms with E-state index in [1.807, 2.05) is 30.3 Å². The second kappa shape index (κ2) is 7.45. The smallest absolute Gasteiger partial charge is 0.160 e. The third-order valence-corrected chi connectivity index (χ3v) is 4.45. The topological polar surface area (TPSA) is 45.2 Å². The molecule has 5 heteroatoms. The molecule has 128 valence electrons. The minimum Gasteiger partial charge on any atom is -0.504 e. The zero-order valence-corrected chi connectivity index (χ0v) is 14.2. The molecule has 0 spiro atoms. The summed E-state index contributed by atoms with van der Waals surface area (Å²) >= 11 is 0. The summed E-state index contributed by atoms with van der Waals surface area (Å²) in [4.78, 5) is 4.78. The Morgan fingerprint density at radius 2 is 1.62 bits per heavy atom. The summed E-state index contributed by atoms with van der Waals surface area (Å²) in [6.45, 7) is 4.77. The van der Waals surface area contributed by atoms with E-state index in [2.05, 4.69) is 15.9 Å². The fourth-order valence-corrected chi connectivity index (χ4v) is 3.12. The van der Waals surface area contributed by atoms with Crippen LogP contribution in [0.15, 0.2) is 42.5 Å². The number of hydrogen-bond donors (Lipinski definition) is 1. The Hall–Kier alpha value is -2.40. The molecule has 1 aliphatic heterocycles. The van der Waals surface area contributed by atoms with Crippen LogP contribution in [0.3, 0.4) is 0 Å². The van der Waals surface area contributed by atoms with Crippen LogP contribution in [0, 0.1) is 0 Å². The van der Waals surface area contributed by atoms with Crippen molar-refractivity contribution in [3.63, 3.8) is 0 Å². The van der Waals surface area contributed by atoms with Crippen LogP contribution in [0.2, 0.25) is 0 Å². The van der Waals surface area contributed by atoms with Crippen LogP contribution < -0.4 is 14.4 Å². The van der Waals surface area contributed by atoms with E-state index in [1.54, 1.807) is 20.3 Å². The SMILES string of the molecule is COc1cc(CN2CCN(c3ccccc3OC)CC2)ccc1O. The molecule has 0 unspecified atom stereocenters. The number of benzene rings is 2. The van der Waals surface area contributed by atoms with E-state index in [9.17, 15) is 5.11 Å². The Bertz CT molecular complexity index is 682. The van der Waals surface area contributed by atoms with Gasteiger partial charge in [-0.3, -0.25) is 4.90 Å². The highest BCUT2D eigenvalue weighted by Crippen LogP contribution is 2.29. The molecule has 0 bridgehead atoms. The molecule has 0 saturated carbocycles. The lowest BCUT2D eigenvalue weighted by atomic mass is 10.1. The highest BCUT2D eigenvalue weighted by Gasteiger charge is 2.19. The van der Waals surface area contributed by atoms with E-state index in [-0.39, 0.29) is 5.75 Å². The number of piperazine rings is 1.